The highest BCUT2D eigenvalue weighted by Crippen LogP contribution is 2.39. The highest BCUT2D eigenvalue weighted by Gasteiger charge is 2.16. The van der Waals surface area contributed by atoms with E-state index in [1.54, 1.807) is 0 Å². The maximum atomic E-state index is 12.4. The molecule has 0 radical (unpaired) electrons. The Hall–Kier alpha value is -3.15. The molecule has 0 aliphatic heterocycles. The Kier molecular flexibility index (Phi) is 5.60. The van der Waals surface area contributed by atoms with Crippen LogP contribution in [0.2, 0.25) is 5.02 Å². The average molecular weight is 420 g/mol. The molecule has 3 aromatic carbocycles. The molecule has 0 aliphatic carbocycles. The van der Waals surface area contributed by atoms with E-state index in [0.717, 1.165) is 27.4 Å². The highest BCUT2D eigenvalue weighted by atomic mass is 35.5. The molecule has 0 saturated carbocycles. The molecular formula is C23H18ClN3OS. The molecule has 1 aromatic heterocycles. The second-order valence-electron chi connectivity index (χ2n) is 6.51. The van der Waals surface area contributed by atoms with Crippen molar-refractivity contribution in [2.24, 2.45) is 0 Å². The summed E-state index contributed by atoms with van der Waals surface area (Å²) < 4.78 is 0. The summed E-state index contributed by atoms with van der Waals surface area (Å²) in [7, 11) is 0. The predicted molar refractivity (Wildman–Crippen MR) is 122 cm³/mol. The second kappa shape index (κ2) is 8.47. The molecule has 6 heteroatoms. The molecule has 0 bridgehead atoms. The fourth-order valence-corrected chi connectivity index (χ4v) is 3.97. The normalized spacial score (nSPS) is 10.6. The van der Waals surface area contributed by atoms with Gasteiger partial charge in [0.05, 0.1) is 10.6 Å². The van der Waals surface area contributed by atoms with Gasteiger partial charge in [-0.2, -0.15) is 0 Å². The van der Waals surface area contributed by atoms with Gasteiger partial charge in [-0.05, 0) is 36.8 Å². The zero-order chi connectivity index (χ0) is 20.2. The van der Waals surface area contributed by atoms with Crippen molar-refractivity contribution >= 4 is 39.8 Å². The van der Waals surface area contributed by atoms with E-state index < -0.39 is 0 Å². The molecule has 0 unspecified atom stereocenters. The Morgan fingerprint density at radius 3 is 2.21 bits per heavy atom. The number of nitrogens with one attached hydrogen (secondary N) is 2. The van der Waals surface area contributed by atoms with E-state index >= 15 is 0 Å². The third-order valence-electron chi connectivity index (χ3n) is 4.31. The van der Waals surface area contributed by atoms with Crippen molar-refractivity contribution in [3.05, 3.63) is 89.4 Å². The van der Waals surface area contributed by atoms with Crippen molar-refractivity contribution in [3.63, 3.8) is 0 Å². The molecule has 0 saturated heterocycles. The fraction of sp³-hybridized carbons (Fsp3) is 0.0435. The zero-order valence-electron chi connectivity index (χ0n) is 15.6. The Morgan fingerprint density at radius 1 is 0.862 bits per heavy atom. The van der Waals surface area contributed by atoms with E-state index in [-0.39, 0.29) is 6.03 Å². The largest absolute Gasteiger partial charge is 0.325 e. The third-order valence-corrected chi connectivity index (χ3v) is 5.58. The molecule has 0 spiro atoms. The number of amides is 2. The van der Waals surface area contributed by atoms with E-state index in [1.807, 2.05) is 73.7 Å². The summed E-state index contributed by atoms with van der Waals surface area (Å²) in [4.78, 5) is 18.1. The van der Waals surface area contributed by atoms with Gasteiger partial charge in [0.25, 0.3) is 0 Å². The number of para-hydroxylation sites is 1. The third kappa shape index (κ3) is 4.65. The second-order valence-corrected chi connectivity index (χ2v) is 7.95. The van der Waals surface area contributed by atoms with E-state index in [9.17, 15) is 4.79 Å². The topological polar surface area (TPSA) is 54.0 Å². The number of carbonyl (C=O) groups excluding carboxylic acids is 1. The Labute approximate surface area is 178 Å². The van der Waals surface area contributed by atoms with E-state index in [0.29, 0.717) is 10.2 Å². The van der Waals surface area contributed by atoms with Gasteiger partial charge in [0, 0.05) is 16.3 Å². The molecule has 29 heavy (non-hydrogen) atoms. The van der Waals surface area contributed by atoms with Crippen LogP contribution in [0.5, 0.6) is 0 Å². The summed E-state index contributed by atoms with van der Waals surface area (Å²) >= 11 is 7.48. The molecule has 0 atom stereocenters. The summed E-state index contributed by atoms with van der Waals surface area (Å²) in [6.07, 6.45) is 0. The van der Waals surface area contributed by atoms with Crippen LogP contribution in [0.15, 0.2) is 78.9 Å². The van der Waals surface area contributed by atoms with Crippen LogP contribution in [0.1, 0.15) is 5.56 Å². The maximum Gasteiger partial charge on any atom is 0.325 e. The van der Waals surface area contributed by atoms with Gasteiger partial charge < -0.3 is 5.32 Å². The fourth-order valence-electron chi connectivity index (χ4n) is 2.86. The molecule has 4 nitrogen and oxygen atoms in total. The number of nitrogens with zero attached hydrogens (tertiary/aromatic N) is 1. The molecule has 2 amide bonds. The number of benzene rings is 3. The molecule has 4 aromatic rings. The Morgan fingerprint density at radius 2 is 1.52 bits per heavy atom. The lowest BCUT2D eigenvalue weighted by Gasteiger charge is -2.04. The summed E-state index contributed by atoms with van der Waals surface area (Å²) in [5, 5.41) is 6.86. The number of thiazole rings is 1. The Balaban J connectivity index is 1.66. The van der Waals surface area contributed by atoms with Crippen molar-refractivity contribution in [2.45, 2.75) is 6.92 Å². The van der Waals surface area contributed by atoms with Crippen LogP contribution < -0.4 is 10.6 Å². The zero-order valence-corrected chi connectivity index (χ0v) is 17.2. The predicted octanol–water partition coefficient (Wildman–Crippen LogP) is 7.08. The number of urea groups is 1. The van der Waals surface area contributed by atoms with Gasteiger partial charge in [0.1, 0.15) is 0 Å². The van der Waals surface area contributed by atoms with Crippen LogP contribution in [-0.4, -0.2) is 11.0 Å². The van der Waals surface area contributed by atoms with Gasteiger partial charge in [0.15, 0.2) is 5.13 Å². The molecule has 0 fully saturated rings. The molecule has 1 heterocycles. The van der Waals surface area contributed by atoms with Crippen molar-refractivity contribution in [2.75, 3.05) is 10.6 Å². The number of hydrogen-bond acceptors (Lipinski definition) is 3. The van der Waals surface area contributed by atoms with Crippen LogP contribution >= 0.6 is 22.9 Å². The van der Waals surface area contributed by atoms with E-state index in [2.05, 4.69) is 22.8 Å². The van der Waals surface area contributed by atoms with Crippen LogP contribution in [0.25, 0.3) is 21.7 Å². The number of aromatic nitrogens is 1. The van der Waals surface area contributed by atoms with Gasteiger partial charge >= 0.3 is 6.03 Å². The van der Waals surface area contributed by atoms with Crippen molar-refractivity contribution in [1.29, 1.82) is 0 Å². The lowest BCUT2D eigenvalue weighted by molar-refractivity contribution is 0.262. The minimum absolute atomic E-state index is 0.330. The van der Waals surface area contributed by atoms with Gasteiger partial charge in [-0.25, -0.2) is 9.78 Å². The smallest absolute Gasteiger partial charge is 0.308 e. The lowest BCUT2D eigenvalue weighted by Crippen LogP contribution is -2.19. The molecule has 2 N–H and O–H groups in total. The van der Waals surface area contributed by atoms with Crippen LogP contribution in [0, 0.1) is 6.92 Å². The number of anilines is 2. The van der Waals surface area contributed by atoms with Gasteiger partial charge in [0.2, 0.25) is 0 Å². The van der Waals surface area contributed by atoms with E-state index in [4.69, 9.17) is 16.6 Å². The minimum Gasteiger partial charge on any atom is -0.308 e. The first-order valence-corrected chi connectivity index (χ1v) is 10.2. The van der Waals surface area contributed by atoms with Crippen LogP contribution in [-0.2, 0) is 0 Å². The van der Waals surface area contributed by atoms with Gasteiger partial charge in [-0.1, -0.05) is 83.1 Å². The lowest BCUT2D eigenvalue weighted by atomic mass is 10.1. The standard InChI is InChI=1S/C23H18ClN3OS/c1-15-7-9-16(10-8-15)20-21(17-11-13-18(24)14-12-17)29-23(26-20)27-22(28)25-19-5-3-2-4-6-19/h2-14H,1H3,(H2,25,26,27,28). The molecule has 4 rings (SSSR count). The first-order chi connectivity index (χ1) is 14.1. The molecule has 0 aliphatic rings. The number of hydrogen-bond donors (Lipinski definition) is 2. The first-order valence-electron chi connectivity index (χ1n) is 9.05. The number of aryl methyl sites for hydroxylation is 1. The van der Waals surface area contributed by atoms with Crippen molar-refractivity contribution < 1.29 is 4.79 Å². The van der Waals surface area contributed by atoms with Gasteiger partial charge in [-0.15, -0.1) is 0 Å². The minimum atomic E-state index is -0.330. The van der Waals surface area contributed by atoms with Crippen molar-refractivity contribution in [1.82, 2.24) is 4.98 Å². The number of halogens is 1. The van der Waals surface area contributed by atoms with E-state index in [1.165, 1.54) is 16.9 Å². The quantitative estimate of drug-likeness (QED) is 0.371. The number of carbonyl (C=O) groups is 1. The van der Waals surface area contributed by atoms with Gasteiger partial charge in [-0.3, -0.25) is 5.32 Å². The number of rotatable bonds is 4. The summed E-state index contributed by atoms with van der Waals surface area (Å²) in [5.41, 5.74) is 4.72. The first kappa shape index (κ1) is 19.2. The SMILES string of the molecule is Cc1ccc(-c2nc(NC(=O)Nc3ccccc3)sc2-c2ccc(Cl)cc2)cc1. The summed E-state index contributed by atoms with van der Waals surface area (Å²) in [5.74, 6) is 0. The molecule has 144 valence electrons. The summed E-state index contributed by atoms with van der Waals surface area (Å²) in [6, 6.07) is 24.8. The van der Waals surface area contributed by atoms with Crippen LogP contribution in [0.3, 0.4) is 0 Å². The summed E-state index contributed by atoms with van der Waals surface area (Å²) in [6.45, 7) is 2.05. The highest BCUT2D eigenvalue weighted by molar-refractivity contribution is 7.19. The van der Waals surface area contributed by atoms with Crippen molar-refractivity contribution in [3.8, 4) is 21.7 Å². The Bertz CT molecular complexity index is 1060. The van der Waals surface area contributed by atoms with Crippen LogP contribution in [0.4, 0.5) is 15.6 Å². The molecular weight excluding hydrogens is 402 g/mol. The average Bonchev–Trinajstić information content (AvgIpc) is 3.13. The monoisotopic (exact) mass is 419 g/mol. The maximum absolute atomic E-state index is 12.4.